The van der Waals surface area contributed by atoms with Gasteiger partial charge in [-0.1, -0.05) is 29.3 Å². The number of anilines is 1. The van der Waals surface area contributed by atoms with Crippen molar-refractivity contribution in [2.45, 2.75) is 0 Å². The third-order valence-corrected chi connectivity index (χ3v) is 4.47. The summed E-state index contributed by atoms with van der Waals surface area (Å²) in [6.07, 6.45) is 3.17. The standard InChI is InChI=1S/C16H14Cl2N2O2S/c1-20(16(22)7-5-12-3-2-8-23-12)10-15(21)19-11-4-6-13(17)14(18)9-11/h2-9H,10H2,1H3,(H,19,21)/b7-5+. The van der Waals surface area contributed by atoms with Crippen molar-refractivity contribution in [3.05, 3.63) is 56.7 Å². The summed E-state index contributed by atoms with van der Waals surface area (Å²) in [5, 5.41) is 5.36. The molecule has 0 spiro atoms. The minimum absolute atomic E-state index is 0.0616. The van der Waals surface area contributed by atoms with Crippen molar-refractivity contribution >= 4 is 58.1 Å². The fraction of sp³-hybridized carbons (Fsp3) is 0.125. The number of likely N-dealkylation sites (N-methyl/N-ethyl adjacent to an activating group) is 1. The van der Waals surface area contributed by atoms with Gasteiger partial charge in [0.05, 0.1) is 16.6 Å². The van der Waals surface area contributed by atoms with Crippen molar-refractivity contribution in [3.63, 3.8) is 0 Å². The van der Waals surface area contributed by atoms with Crippen LogP contribution in [-0.4, -0.2) is 30.3 Å². The van der Waals surface area contributed by atoms with E-state index in [0.717, 1.165) is 4.88 Å². The number of nitrogens with one attached hydrogen (secondary N) is 1. The van der Waals surface area contributed by atoms with Crippen molar-refractivity contribution in [3.8, 4) is 0 Å². The van der Waals surface area contributed by atoms with Crippen LogP contribution < -0.4 is 5.32 Å². The Morgan fingerprint density at radius 1 is 1.26 bits per heavy atom. The van der Waals surface area contributed by atoms with Gasteiger partial charge in [0.2, 0.25) is 11.8 Å². The summed E-state index contributed by atoms with van der Waals surface area (Å²) < 4.78 is 0. The van der Waals surface area contributed by atoms with E-state index in [0.29, 0.717) is 15.7 Å². The summed E-state index contributed by atoms with van der Waals surface area (Å²) >= 11 is 13.2. The van der Waals surface area contributed by atoms with Crippen LogP contribution in [-0.2, 0) is 9.59 Å². The molecule has 2 rings (SSSR count). The number of hydrogen-bond donors (Lipinski definition) is 1. The zero-order valence-corrected chi connectivity index (χ0v) is 14.6. The number of carbonyl (C=O) groups excluding carboxylic acids is 2. The van der Waals surface area contributed by atoms with Crippen molar-refractivity contribution < 1.29 is 9.59 Å². The van der Waals surface area contributed by atoms with Gasteiger partial charge in [-0.05, 0) is 35.7 Å². The molecule has 1 aromatic carbocycles. The number of hydrogen-bond acceptors (Lipinski definition) is 3. The van der Waals surface area contributed by atoms with E-state index in [2.05, 4.69) is 5.32 Å². The van der Waals surface area contributed by atoms with E-state index < -0.39 is 0 Å². The molecule has 0 unspecified atom stereocenters. The lowest BCUT2D eigenvalue weighted by Crippen LogP contribution is -2.33. The first kappa shape index (κ1) is 17.5. The first-order valence-electron chi connectivity index (χ1n) is 6.67. The summed E-state index contributed by atoms with van der Waals surface area (Å²) in [5.41, 5.74) is 0.527. The number of benzene rings is 1. The van der Waals surface area contributed by atoms with Crippen molar-refractivity contribution in [2.24, 2.45) is 0 Å². The highest BCUT2D eigenvalue weighted by atomic mass is 35.5. The van der Waals surface area contributed by atoms with E-state index in [1.54, 1.807) is 31.3 Å². The molecule has 0 aliphatic carbocycles. The minimum Gasteiger partial charge on any atom is -0.333 e. The predicted molar refractivity (Wildman–Crippen MR) is 96.1 cm³/mol. The maximum atomic E-state index is 12.0. The van der Waals surface area contributed by atoms with E-state index >= 15 is 0 Å². The Labute approximate surface area is 148 Å². The average Bonchev–Trinajstić information content (AvgIpc) is 3.01. The lowest BCUT2D eigenvalue weighted by Gasteiger charge is -2.15. The quantitative estimate of drug-likeness (QED) is 0.805. The maximum Gasteiger partial charge on any atom is 0.246 e. The second kappa shape index (κ2) is 8.15. The van der Waals surface area contributed by atoms with Gasteiger partial charge in [0, 0.05) is 23.7 Å². The fourth-order valence-electron chi connectivity index (χ4n) is 1.73. The van der Waals surface area contributed by atoms with Crippen LogP contribution in [0.5, 0.6) is 0 Å². The molecule has 1 N–H and O–H groups in total. The molecule has 0 radical (unpaired) electrons. The van der Waals surface area contributed by atoms with Crippen LogP contribution >= 0.6 is 34.5 Å². The Morgan fingerprint density at radius 2 is 2.04 bits per heavy atom. The van der Waals surface area contributed by atoms with Crippen LogP contribution in [0.1, 0.15) is 4.88 Å². The van der Waals surface area contributed by atoms with Crippen LogP contribution in [0.15, 0.2) is 41.8 Å². The smallest absolute Gasteiger partial charge is 0.246 e. The number of carbonyl (C=O) groups is 2. The van der Waals surface area contributed by atoms with E-state index in [9.17, 15) is 9.59 Å². The Kier molecular flexibility index (Phi) is 6.21. The van der Waals surface area contributed by atoms with Gasteiger partial charge in [-0.3, -0.25) is 9.59 Å². The molecule has 2 amide bonds. The maximum absolute atomic E-state index is 12.0. The second-order valence-corrected chi connectivity index (χ2v) is 6.51. The van der Waals surface area contributed by atoms with E-state index in [-0.39, 0.29) is 18.4 Å². The predicted octanol–water partition coefficient (Wildman–Crippen LogP) is 4.17. The Morgan fingerprint density at radius 3 is 2.70 bits per heavy atom. The SMILES string of the molecule is CN(CC(=O)Nc1ccc(Cl)c(Cl)c1)C(=O)/C=C/c1cccs1. The van der Waals surface area contributed by atoms with E-state index in [4.69, 9.17) is 23.2 Å². The molecule has 120 valence electrons. The van der Waals surface area contributed by atoms with Crippen LogP contribution in [0, 0.1) is 0 Å². The van der Waals surface area contributed by atoms with Gasteiger partial charge in [-0.15, -0.1) is 11.3 Å². The number of rotatable bonds is 5. The molecule has 4 nitrogen and oxygen atoms in total. The molecule has 1 aromatic heterocycles. The molecular formula is C16H14Cl2N2O2S. The first-order valence-corrected chi connectivity index (χ1v) is 8.31. The molecule has 1 heterocycles. The second-order valence-electron chi connectivity index (χ2n) is 4.72. The van der Waals surface area contributed by atoms with Gasteiger partial charge in [0.15, 0.2) is 0 Å². The van der Waals surface area contributed by atoms with Gasteiger partial charge >= 0.3 is 0 Å². The Bertz CT molecular complexity index is 730. The minimum atomic E-state index is -0.316. The number of thiophene rings is 1. The third kappa shape index (κ3) is 5.39. The largest absolute Gasteiger partial charge is 0.333 e. The summed E-state index contributed by atoms with van der Waals surface area (Å²) in [6, 6.07) is 8.61. The third-order valence-electron chi connectivity index (χ3n) is 2.89. The zero-order chi connectivity index (χ0) is 16.8. The molecule has 7 heteroatoms. The highest BCUT2D eigenvalue weighted by Gasteiger charge is 2.11. The van der Waals surface area contributed by atoms with Gasteiger partial charge < -0.3 is 10.2 Å². The first-order chi connectivity index (χ1) is 11.0. The van der Waals surface area contributed by atoms with Gasteiger partial charge in [-0.25, -0.2) is 0 Å². The fourth-order valence-corrected chi connectivity index (χ4v) is 2.65. The molecule has 0 aliphatic heterocycles. The summed E-state index contributed by atoms with van der Waals surface area (Å²) in [6.45, 7) is -0.0616. The molecule has 0 fully saturated rings. The summed E-state index contributed by atoms with van der Waals surface area (Å²) in [5.74, 6) is -0.563. The number of halogens is 2. The highest BCUT2D eigenvalue weighted by Crippen LogP contribution is 2.24. The topological polar surface area (TPSA) is 49.4 Å². The van der Waals surface area contributed by atoms with E-state index in [1.165, 1.54) is 22.3 Å². The molecule has 0 saturated heterocycles. The summed E-state index contributed by atoms with van der Waals surface area (Å²) in [7, 11) is 1.56. The average molecular weight is 369 g/mol. The molecule has 2 aromatic rings. The van der Waals surface area contributed by atoms with Gasteiger partial charge in [0.25, 0.3) is 0 Å². The van der Waals surface area contributed by atoms with Gasteiger partial charge in [-0.2, -0.15) is 0 Å². The molecule has 0 saturated carbocycles. The van der Waals surface area contributed by atoms with Crippen molar-refractivity contribution in [1.82, 2.24) is 4.90 Å². The van der Waals surface area contributed by atoms with Crippen molar-refractivity contribution in [1.29, 1.82) is 0 Å². The number of amides is 2. The monoisotopic (exact) mass is 368 g/mol. The van der Waals surface area contributed by atoms with Crippen LogP contribution in [0.3, 0.4) is 0 Å². The normalized spacial score (nSPS) is 10.7. The molecule has 0 aliphatic rings. The highest BCUT2D eigenvalue weighted by molar-refractivity contribution is 7.10. The molecule has 23 heavy (non-hydrogen) atoms. The molecule has 0 atom stereocenters. The van der Waals surface area contributed by atoms with Crippen LogP contribution in [0.2, 0.25) is 10.0 Å². The summed E-state index contributed by atoms with van der Waals surface area (Å²) in [4.78, 5) is 26.2. The van der Waals surface area contributed by atoms with Crippen LogP contribution in [0.4, 0.5) is 5.69 Å². The van der Waals surface area contributed by atoms with E-state index in [1.807, 2.05) is 17.5 Å². The lowest BCUT2D eigenvalue weighted by molar-refractivity contribution is -0.129. The molecular weight excluding hydrogens is 355 g/mol. The number of nitrogens with zero attached hydrogens (tertiary/aromatic N) is 1. The van der Waals surface area contributed by atoms with Crippen LogP contribution in [0.25, 0.3) is 6.08 Å². The Balaban J connectivity index is 1.88. The van der Waals surface area contributed by atoms with Crippen molar-refractivity contribution in [2.75, 3.05) is 18.9 Å². The lowest BCUT2D eigenvalue weighted by atomic mass is 10.3. The Hall–Kier alpha value is -1.82. The zero-order valence-electron chi connectivity index (χ0n) is 12.3. The molecule has 0 bridgehead atoms. The van der Waals surface area contributed by atoms with Gasteiger partial charge in [0.1, 0.15) is 0 Å².